The third-order valence-electron chi connectivity index (χ3n) is 2.04. The van der Waals surface area contributed by atoms with E-state index in [1.165, 1.54) is 0 Å². The van der Waals surface area contributed by atoms with Crippen molar-refractivity contribution in [2.24, 2.45) is 0 Å². The molecule has 17 heavy (non-hydrogen) atoms. The van der Waals surface area contributed by atoms with Crippen LogP contribution in [0.1, 0.15) is 10.4 Å². The highest BCUT2D eigenvalue weighted by molar-refractivity contribution is 9.10. The van der Waals surface area contributed by atoms with E-state index in [9.17, 15) is 4.79 Å². The largest absolute Gasteiger partial charge is 0.454 e. The normalized spacial score (nSPS) is 10.6. The molecule has 0 radical (unpaired) electrons. The van der Waals surface area contributed by atoms with E-state index in [0.29, 0.717) is 18.8 Å². The number of carbonyl (C=O) groups excluding carboxylic acids is 1. The number of esters is 1. The van der Waals surface area contributed by atoms with Crippen molar-refractivity contribution in [3.05, 3.63) is 34.3 Å². The molecule has 1 aromatic rings. The molecule has 0 aliphatic carbocycles. The molecule has 1 rings (SSSR count). The summed E-state index contributed by atoms with van der Waals surface area (Å²) in [6, 6.07) is 7.03. The van der Waals surface area contributed by atoms with E-state index >= 15 is 0 Å². The molecule has 0 saturated carbocycles. The first-order valence-corrected chi connectivity index (χ1v) is 5.91. The molecule has 0 fully saturated rings. The zero-order chi connectivity index (χ0) is 12.7. The average molecular weight is 303 g/mol. The van der Waals surface area contributed by atoms with E-state index in [-0.39, 0.29) is 5.97 Å². The number of benzene rings is 1. The van der Waals surface area contributed by atoms with Crippen LogP contribution >= 0.6 is 15.9 Å². The van der Waals surface area contributed by atoms with Gasteiger partial charge in [-0.05, 0) is 18.2 Å². The molecule has 1 aromatic carbocycles. The lowest BCUT2D eigenvalue weighted by atomic mass is 10.2. The maximum atomic E-state index is 11.8. The van der Waals surface area contributed by atoms with E-state index in [1.807, 2.05) is 6.07 Å². The summed E-state index contributed by atoms with van der Waals surface area (Å²) in [7, 11) is 3.10. The lowest BCUT2D eigenvalue weighted by molar-refractivity contribution is -0.0223. The van der Waals surface area contributed by atoms with Crippen molar-refractivity contribution >= 4 is 21.9 Å². The van der Waals surface area contributed by atoms with Crippen molar-refractivity contribution in [2.45, 2.75) is 6.10 Å². The van der Waals surface area contributed by atoms with Crippen molar-refractivity contribution in [1.82, 2.24) is 0 Å². The minimum atomic E-state index is -0.392. The maximum absolute atomic E-state index is 11.8. The number of methoxy groups -OCH3 is 2. The zero-order valence-corrected chi connectivity index (χ0v) is 11.4. The molecule has 0 aliphatic rings. The van der Waals surface area contributed by atoms with Crippen LogP contribution in [-0.4, -0.2) is 39.5 Å². The number of hydrogen-bond acceptors (Lipinski definition) is 4. The van der Waals surface area contributed by atoms with Crippen LogP contribution in [0.5, 0.6) is 0 Å². The summed E-state index contributed by atoms with van der Waals surface area (Å²) in [5.74, 6) is -0.384. The summed E-state index contributed by atoms with van der Waals surface area (Å²) >= 11 is 3.30. The summed E-state index contributed by atoms with van der Waals surface area (Å²) in [6.45, 7) is 0.626. The third kappa shape index (κ3) is 4.85. The van der Waals surface area contributed by atoms with Gasteiger partial charge in [-0.2, -0.15) is 0 Å². The first kappa shape index (κ1) is 14.2. The smallest absolute Gasteiger partial charge is 0.338 e. The van der Waals surface area contributed by atoms with Crippen molar-refractivity contribution in [3.8, 4) is 0 Å². The van der Waals surface area contributed by atoms with Crippen molar-refractivity contribution < 1.29 is 19.0 Å². The van der Waals surface area contributed by atoms with Gasteiger partial charge in [0.1, 0.15) is 6.10 Å². The van der Waals surface area contributed by atoms with Crippen molar-refractivity contribution in [3.63, 3.8) is 0 Å². The van der Waals surface area contributed by atoms with Crippen LogP contribution in [0.2, 0.25) is 0 Å². The molecule has 94 valence electrons. The van der Waals surface area contributed by atoms with E-state index in [0.717, 1.165) is 4.47 Å². The number of rotatable bonds is 6. The van der Waals surface area contributed by atoms with Gasteiger partial charge in [0.15, 0.2) is 0 Å². The Hall–Kier alpha value is -0.910. The highest BCUT2D eigenvalue weighted by atomic mass is 79.9. The van der Waals surface area contributed by atoms with Gasteiger partial charge < -0.3 is 14.2 Å². The lowest BCUT2D eigenvalue weighted by Crippen LogP contribution is -2.27. The van der Waals surface area contributed by atoms with Gasteiger partial charge in [0.05, 0.1) is 18.8 Å². The lowest BCUT2D eigenvalue weighted by Gasteiger charge is -2.16. The zero-order valence-electron chi connectivity index (χ0n) is 9.81. The SMILES string of the molecule is COCC(COC)OC(=O)c1cccc(Br)c1. The van der Waals surface area contributed by atoms with Gasteiger partial charge >= 0.3 is 5.97 Å². The van der Waals surface area contributed by atoms with Crippen LogP contribution in [0.15, 0.2) is 28.7 Å². The molecular weight excluding hydrogens is 288 g/mol. The van der Waals surface area contributed by atoms with Gasteiger partial charge in [0, 0.05) is 18.7 Å². The van der Waals surface area contributed by atoms with Gasteiger partial charge in [0.25, 0.3) is 0 Å². The van der Waals surface area contributed by atoms with Crippen molar-refractivity contribution in [2.75, 3.05) is 27.4 Å². The Morgan fingerprint density at radius 2 is 1.94 bits per heavy atom. The first-order chi connectivity index (χ1) is 8.17. The molecule has 5 heteroatoms. The van der Waals surface area contributed by atoms with Gasteiger partial charge in [-0.3, -0.25) is 0 Å². The molecule has 0 aromatic heterocycles. The third-order valence-corrected chi connectivity index (χ3v) is 2.53. The van der Waals surface area contributed by atoms with Crippen LogP contribution < -0.4 is 0 Å². The van der Waals surface area contributed by atoms with E-state index < -0.39 is 6.10 Å². The maximum Gasteiger partial charge on any atom is 0.338 e. The average Bonchev–Trinajstić information content (AvgIpc) is 2.29. The van der Waals surface area contributed by atoms with Gasteiger partial charge in [-0.1, -0.05) is 22.0 Å². The number of halogens is 1. The van der Waals surface area contributed by atoms with E-state index in [1.54, 1.807) is 32.4 Å². The fourth-order valence-corrected chi connectivity index (χ4v) is 1.72. The number of ether oxygens (including phenoxy) is 3. The summed E-state index contributed by atoms with van der Waals surface area (Å²) in [6.07, 6.45) is -0.392. The van der Waals surface area contributed by atoms with Crippen molar-refractivity contribution in [1.29, 1.82) is 0 Å². The Kier molecular flexibility index (Phi) is 6.18. The molecular formula is C12H15BrO4. The monoisotopic (exact) mass is 302 g/mol. The minimum Gasteiger partial charge on any atom is -0.454 e. The molecule has 0 aliphatic heterocycles. The standard InChI is InChI=1S/C12H15BrO4/c1-15-7-11(8-16-2)17-12(14)9-4-3-5-10(13)6-9/h3-6,11H,7-8H2,1-2H3. The second-order valence-electron chi connectivity index (χ2n) is 3.45. The van der Waals surface area contributed by atoms with Crippen LogP contribution in [0.25, 0.3) is 0 Å². The predicted octanol–water partition coefficient (Wildman–Crippen LogP) is 2.27. The molecule has 4 nitrogen and oxygen atoms in total. The molecule has 0 N–H and O–H groups in total. The van der Waals surface area contributed by atoms with Crippen LogP contribution in [0.4, 0.5) is 0 Å². The summed E-state index contributed by atoms with van der Waals surface area (Å²) in [5.41, 5.74) is 0.497. The fourth-order valence-electron chi connectivity index (χ4n) is 1.32. The highest BCUT2D eigenvalue weighted by Crippen LogP contribution is 2.13. The molecule has 0 unspecified atom stereocenters. The van der Waals surface area contributed by atoms with Gasteiger partial charge in [-0.15, -0.1) is 0 Å². The molecule has 0 spiro atoms. The second-order valence-corrected chi connectivity index (χ2v) is 4.36. The topological polar surface area (TPSA) is 44.8 Å². The highest BCUT2D eigenvalue weighted by Gasteiger charge is 2.15. The van der Waals surface area contributed by atoms with Gasteiger partial charge in [0.2, 0.25) is 0 Å². The number of carbonyl (C=O) groups is 1. The molecule has 0 atom stereocenters. The Balaban J connectivity index is 2.63. The predicted molar refractivity (Wildman–Crippen MR) is 67.1 cm³/mol. The van der Waals surface area contributed by atoms with E-state index in [4.69, 9.17) is 14.2 Å². The molecule has 0 saturated heterocycles. The first-order valence-electron chi connectivity index (χ1n) is 5.11. The molecule has 0 amide bonds. The van der Waals surface area contributed by atoms with Crippen LogP contribution in [0, 0.1) is 0 Å². The number of hydrogen-bond donors (Lipinski definition) is 0. The van der Waals surface area contributed by atoms with Crippen LogP contribution in [-0.2, 0) is 14.2 Å². The quantitative estimate of drug-likeness (QED) is 0.756. The summed E-state index contributed by atoms with van der Waals surface area (Å²) in [4.78, 5) is 11.8. The Morgan fingerprint density at radius 1 is 1.29 bits per heavy atom. The van der Waals surface area contributed by atoms with Gasteiger partial charge in [-0.25, -0.2) is 4.79 Å². The molecule has 0 bridgehead atoms. The molecule has 0 heterocycles. The second kappa shape index (κ2) is 7.42. The Morgan fingerprint density at radius 3 is 2.47 bits per heavy atom. The van der Waals surface area contributed by atoms with Crippen LogP contribution in [0.3, 0.4) is 0 Å². The fraction of sp³-hybridized carbons (Fsp3) is 0.417. The summed E-state index contributed by atoms with van der Waals surface area (Å²) in [5, 5.41) is 0. The minimum absolute atomic E-state index is 0.313. The Labute approximate surface area is 109 Å². The Bertz CT molecular complexity index is 361. The van der Waals surface area contributed by atoms with E-state index in [2.05, 4.69) is 15.9 Å². The summed E-state index contributed by atoms with van der Waals surface area (Å²) < 4.78 is 16.0.